The number of hydrogen-bond donors (Lipinski definition) is 4. The van der Waals surface area contributed by atoms with E-state index in [4.69, 9.17) is 32.9 Å². The molecule has 2 aromatic carbocycles. The minimum atomic E-state index is -0.175. The van der Waals surface area contributed by atoms with Gasteiger partial charge in [0.25, 0.3) is 5.56 Å². The molecule has 0 spiro atoms. The SMILES string of the molecule is COc1nc(-c2cccc(-c3cccc(-c4ccn5c(=O)c(CNCCNC(C)=O)cnc5c4)c3Cl)c2Cl)ccc1CNCC1CCC(=O)N1. The van der Waals surface area contributed by atoms with Crippen molar-refractivity contribution in [3.8, 4) is 39.4 Å². The van der Waals surface area contributed by atoms with Crippen LogP contribution in [0.25, 0.3) is 39.2 Å². The van der Waals surface area contributed by atoms with Gasteiger partial charge in [-0.15, -0.1) is 0 Å². The third kappa shape index (κ3) is 7.81. The molecule has 4 N–H and O–H groups in total. The molecular formula is C37H37Cl2N7O4. The van der Waals surface area contributed by atoms with Crippen LogP contribution in [-0.4, -0.2) is 59.0 Å². The van der Waals surface area contributed by atoms with Gasteiger partial charge in [0, 0.05) is 97.9 Å². The first-order valence-corrected chi connectivity index (χ1v) is 17.1. The number of carbonyl (C=O) groups excluding carboxylic acids is 2. The summed E-state index contributed by atoms with van der Waals surface area (Å²) < 4.78 is 7.14. The molecule has 4 heterocycles. The molecule has 50 heavy (non-hydrogen) atoms. The number of ether oxygens (including phenoxy) is 1. The summed E-state index contributed by atoms with van der Waals surface area (Å²) in [6.45, 7) is 4.00. The number of pyridine rings is 2. The van der Waals surface area contributed by atoms with Crippen LogP contribution in [-0.2, 0) is 22.7 Å². The zero-order valence-corrected chi connectivity index (χ0v) is 29.2. The molecule has 0 aliphatic carbocycles. The number of rotatable bonds is 13. The van der Waals surface area contributed by atoms with Gasteiger partial charge in [-0.2, -0.15) is 0 Å². The molecule has 1 atom stereocenters. The minimum Gasteiger partial charge on any atom is -0.481 e. The lowest BCUT2D eigenvalue weighted by atomic mass is 9.97. The molecule has 11 nitrogen and oxygen atoms in total. The maximum atomic E-state index is 13.1. The second kappa shape index (κ2) is 15.8. The van der Waals surface area contributed by atoms with E-state index >= 15 is 0 Å². The molecular weight excluding hydrogens is 677 g/mol. The minimum absolute atomic E-state index is 0.0908. The van der Waals surface area contributed by atoms with E-state index in [-0.39, 0.29) is 23.4 Å². The van der Waals surface area contributed by atoms with Gasteiger partial charge in [0.15, 0.2) is 0 Å². The van der Waals surface area contributed by atoms with Gasteiger partial charge in [0.1, 0.15) is 5.65 Å². The van der Waals surface area contributed by atoms with Crippen molar-refractivity contribution in [2.75, 3.05) is 26.7 Å². The molecule has 5 aromatic rings. The standard InChI is InChI=1S/C37H37Cl2N7O4/c1-22(47)42-15-14-40-19-25-20-43-32-17-23(13-16-46(32)37(25)49)27-5-3-6-28(34(27)38)29-7-4-8-30(35(29)39)31-11-9-24(36(45-31)50-2)18-41-21-26-10-12-33(48)44-26/h3-9,11,13,16-17,20,26,40-41H,10,12,14-15,18-19,21H2,1-2H3,(H,42,47)(H,44,48). The van der Waals surface area contributed by atoms with Crippen LogP contribution in [0, 0.1) is 0 Å². The predicted molar refractivity (Wildman–Crippen MR) is 195 cm³/mol. The number of benzene rings is 2. The molecule has 1 saturated heterocycles. The van der Waals surface area contributed by atoms with Crippen LogP contribution >= 0.6 is 23.2 Å². The Morgan fingerprint density at radius 3 is 2.38 bits per heavy atom. The van der Waals surface area contributed by atoms with E-state index in [1.807, 2.05) is 60.7 Å². The van der Waals surface area contributed by atoms with Gasteiger partial charge >= 0.3 is 0 Å². The Kier molecular flexibility index (Phi) is 11.1. The molecule has 1 aliphatic rings. The van der Waals surface area contributed by atoms with E-state index in [1.165, 1.54) is 11.3 Å². The fraction of sp³-hybridized carbons (Fsp3) is 0.270. The molecule has 6 rings (SSSR count). The predicted octanol–water partition coefficient (Wildman–Crippen LogP) is 5.00. The van der Waals surface area contributed by atoms with Crippen LogP contribution in [0.15, 0.2) is 77.9 Å². The highest BCUT2D eigenvalue weighted by Crippen LogP contribution is 2.42. The number of methoxy groups -OCH3 is 1. The normalized spacial score (nSPS) is 14.2. The topological polar surface area (TPSA) is 139 Å². The lowest BCUT2D eigenvalue weighted by Gasteiger charge is -2.16. The molecule has 1 fully saturated rings. The number of carbonyl (C=O) groups is 2. The van der Waals surface area contributed by atoms with Crippen LogP contribution in [0.3, 0.4) is 0 Å². The smallest absolute Gasteiger partial charge is 0.262 e. The van der Waals surface area contributed by atoms with Gasteiger partial charge in [-0.3, -0.25) is 18.8 Å². The van der Waals surface area contributed by atoms with Crippen molar-refractivity contribution in [1.29, 1.82) is 0 Å². The van der Waals surface area contributed by atoms with Gasteiger partial charge in [-0.1, -0.05) is 65.7 Å². The van der Waals surface area contributed by atoms with Crippen LogP contribution in [0.5, 0.6) is 5.88 Å². The Hall–Kier alpha value is -4.81. The van der Waals surface area contributed by atoms with E-state index in [2.05, 4.69) is 26.3 Å². The van der Waals surface area contributed by atoms with Gasteiger partial charge in [0.2, 0.25) is 17.7 Å². The van der Waals surface area contributed by atoms with E-state index in [9.17, 15) is 14.4 Å². The number of hydrogen-bond acceptors (Lipinski definition) is 8. The lowest BCUT2D eigenvalue weighted by Crippen LogP contribution is -2.35. The summed E-state index contributed by atoms with van der Waals surface area (Å²) in [6.07, 6.45) is 4.66. The summed E-state index contributed by atoms with van der Waals surface area (Å²) in [4.78, 5) is 45.0. The highest BCUT2D eigenvalue weighted by atomic mass is 35.5. The highest BCUT2D eigenvalue weighted by Gasteiger charge is 2.21. The van der Waals surface area contributed by atoms with E-state index in [0.717, 1.165) is 39.8 Å². The van der Waals surface area contributed by atoms with Crippen molar-refractivity contribution in [2.45, 2.75) is 38.9 Å². The molecule has 1 aliphatic heterocycles. The Morgan fingerprint density at radius 1 is 0.940 bits per heavy atom. The Bertz CT molecular complexity index is 2120. The summed E-state index contributed by atoms with van der Waals surface area (Å²) in [5.74, 6) is 0.477. The molecule has 258 valence electrons. The van der Waals surface area contributed by atoms with Gasteiger partial charge < -0.3 is 26.0 Å². The Balaban J connectivity index is 1.22. The molecule has 1 unspecified atom stereocenters. The zero-order chi connectivity index (χ0) is 35.2. The summed E-state index contributed by atoms with van der Waals surface area (Å²) in [6, 6.07) is 19.2. The summed E-state index contributed by atoms with van der Waals surface area (Å²) in [7, 11) is 1.59. The number of amides is 2. The third-order valence-corrected chi connectivity index (χ3v) is 9.38. The molecule has 13 heteroatoms. The lowest BCUT2D eigenvalue weighted by molar-refractivity contribution is -0.120. The highest BCUT2D eigenvalue weighted by molar-refractivity contribution is 6.39. The maximum Gasteiger partial charge on any atom is 0.262 e. The molecule has 0 bridgehead atoms. The van der Waals surface area contributed by atoms with Crippen LogP contribution in [0.4, 0.5) is 0 Å². The van der Waals surface area contributed by atoms with Gasteiger partial charge in [-0.05, 0) is 30.2 Å². The van der Waals surface area contributed by atoms with Crippen LogP contribution in [0.2, 0.25) is 10.0 Å². The van der Waals surface area contributed by atoms with E-state index in [0.29, 0.717) is 72.0 Å². The Morgan fingerprint density at radius 2 is 1.66 bits per heavy atom. The second-order valence-corrected chi connectivity index (χ2v) is 12.8. The number of fused-ring (bicyclic) bond motifs is 1. The molecule has 0 radical (unpaired) electrons. The monoisotopic (exact) mass is 713 g/mol. The quantitative estimate of drug-likeness (QED) is 0.125. The zero-order valence-electron chi connectivity index (χ0n) is 27.7. The fourth-order valence-corrected chi connectivity index (χ4v) is 6.66. The van der Waals surface area contributed by atoms with Gasteiger partial charge in [0.05, 0.1) is 22.8 Å². The summed E-state index contributed by atoms with van der Waals surface area (Å²) in [5, 5.41) is 13.2. The van der Waals surface area contributed by atoms with Crippen molar-refractivity contribution in [2.24, 2.45) is 0 Å². The number of aromatic nitrogens is 3. The van der Waals surface area contributed by atoms with E-state index < -0.39 is 0 Å². The van der Waals surface area contributed by atoms with E-state index in [1.54, 1.807) is 19.5 Å². The van der Waals surface area contributed by atoms with Crippen LogP contribution in [0.1, 0.15) is 30.9 Å². The van der Waals surface area contributed by atoms with Crippen molar-refractivity contribution < 1.29 is 14.3 Å². The van der Waals surface area contributed by atoms with Crippen molar-refractivity contribution in [3.05, 3.63) is 105 Å². The molecule has 0 saturated carbocycles. The second-order valence-electron chi connectivity index (χ2n) is 12.0. The Labute approximate surface area is 299 Å². The fourth-order valence-electron chi connectivity index (χ4n) is 5.99. The maximum absolute atomic E-state index is 13.1. The average Bonchev–Trinajstić information content (AvgIpc) is 3.53. The van der Waals surface area contributed by atoms with Crippen molar-refractivity contribution in [1.82, 2.24) is 35.6 Å². The summed E-state index contributed by atoms with van der Waals surface area (Å²) >= 11 is 14.2. The van der Waals surface area contributed by atoms with Crippen molar-refractivity contribution in [3.63, 3.8) is 0 Å². The van der Waals surface area contributed by atoms with Crippen molar-refractivity contribution >= 4 is 40.7 Å². The summed E-state index contributed by atoms with van der Waals surface area (Å²) in [5.41, 5.74) is 6.14. The third-order valence-electron chi connectivity index (χ3n) is 8.57. The average molecular weight is 715 g/mol. The number of nitrogens with one attached hydrogen (secondary N) is 4. The number of halogens is 2. The van der Waals surface area contributed by atoms with Crippen LogP contribution < -0.4 is 31.6 Å². The van der Waals surface area contributed by atoms with Gasteiger partial charge in [-0.25, -0.2) is 9.97 Å². The first-order valence-electron chi connectivity index (χ1n) is 16.3. The molecule has 2 amide bonds. The largest absolute Gasteiger partial charge is 0.481 e. The first kappa shape index (κ1) is 35.0. The number of nitrogens with zero attached hydrogens (tertiary/aromatic N) is 3. The first-order chi connectivity index (χ1) is 24.2. The molecule has 3 aromatic heterocycles.